The summed E-state index contributed by atoms with van der Waals surface area (Å²) in [5, 5.41) is 13.4. The Labute approximate surface area is 209 Å². The molecule has 0 radical (unpaired) electrons. The Balaban J connectivity index is 1.61. The molecule has 2 N–H and O–H groups in total. The summed E-state index contributed by atoms with van der Waals surface area (Å²) in [6.07, 6.45) is -0.716. The Morgan fingerprint density at radius 1 is 1.29 bits per heavy atom. The average Bonchev–Trinajstić information content (AvgIpc) is 3.27. The second kappa shape index (κ2) is 10.1. The van der Waals surface area contributed by atoms with Gasteiger partial charge in [-0.2, -0.15) is 0 Å². The Morgan fingerprint density at radius 2 is 2.03 bits per heavy atom. The molecule has 0 aliphatic carbocycles. The van der Waals surface area contributed by atoms with Crippen LogP contribution >= 0.6 is 22.9 Å². The molecule has 1 aliphatic rings. The maximum Gasteiger partial charge on any atom is 0.427 e. The van der Waals surface area contributed by atoms with Crippen LogP contribution in [0.15, 0.2) is 46.1 Å². The van der Waals surface area contributed by atoms with Gasteiger partial charge in [0.25, 0.3) is 10.0 Å². The number of aromatic nitrogens is 1. The largest absolute Gasteiger partial charge is 0.464 e. The standard InChI is InChI=1S/C22H21ClF2N4O4S2/c1-13(15-7-14(3-4-17(15)24)10-28-5-2-6-28)27-19-9-18(25)20(8-16(19)23)35(32,33)29(22(30)31)21-11-34-12-26-21/h3-4,7-9,11-13,27H,2,5-6,10H2,1H3,(H,30,31). The number of halogens is 3. The predicted octanol–water partition coefficient (Wildman–Crippen LogP) is 5.33. The second-order valence-electron chi connectivity index (χ2n) is 8.01. The number of nitrogens with one attached hydrogen (secondary N) is 1. The second-order valence-corrected chi connectivity index (χ2v) is 10.9. The molecule has 35 heavy (non-hydrogen) atoms. The molecule has 0 bridgehead atoms. The Bertz CT molecular complexity index is 1350. The van der Waals surface area contributed by atoms with Crippen LogP contribution in [-0.2, 0) is 16.6 Å². The fraction of sp³-hybridized carbons (Fsp3) is 0.273. The molecule has 0 spiro atoms. The molecule has 1 aliphatic heterocycles. The van der Waals surface area contributed by atoms with E-state index in [0.29, 0.717) is 12.1 Å². The highest BCUT2D eigenvalue weighted by atomic mass is 35.5. The van der Waals surface area contributed by atoms with Crippen molar-refractivity contribution >= 4 is 50.6 Å². The van der Waals surface area contributed by atoms with Crippen molar-refractivity contribution in [2.75, 3.05) is 22.7 Å². The van der Waals surface area contributed by atoms with Crippen LogP contribution in [0.5, 0.6) is 0 Å². The predicted molar refractivity (Wildman–Crippen MR) is 130 cm³/mol. The van der Waals surface area contributed by atoms with Gasteiger partial charge in [0.15, 0.2) is 5.82 Å². The third-order valence-electron chi connectivity index (χ3n) is 5.59. The highest BCUT2D eigenvalue weighted by molar-refractivity contribution is 7.93. The number of carboxylic acid groups (broad SMARTS) is 1. The summed E-state index contributed by atoms with van der Waals surface area (Å²) >= 11 is 7.22. The van der Waals surface area contributed by atoms with Crippen LogP contribution < -0.4 is 9.62 Å². The van der Waals surface area contributed by atoms with E-state index >= 15 is 0 Å². The molecule has 1 amide bonds. The molecule has 1 saturated heterocycles. The highest BCUT2D eigenvalue weighted by Gasteiger charge is 2.35. The first-order chi connectivity index (χ1) is 16.6. The molecule has 1 atom stereocenters. The van der Waals surface area contributed by atoms with Gasteiger partial charge in [-0.1, -0.05) is 17.7 Å². The van der Waals surface area contributed by atoms with Crippen molar-refractivity contribution in [1.82, 2.24) is 9.88 Å². The van der Waals surface area contributed by atoms with E-state index in [9.17, 15) is 27.1 Å². The number of carbonyl (C=O) groups is 1. The zero-order valence-electron chi connectivity index (χ0n) is 18.4. The number of benzene rings is 2. The Hall–Kier alpha value is -2.80. The zero-order valence-corrected chi connectivity index (χ0v) is 20.8. The lowest BCUT2D eigenvalue weighted by Crippen LogP contribution is -2.36. The molecular weight excluding hydrogens is 522 g/mol. The molecule has 1 unspecified atom stereocenters. The van der Waals surface area contributed by atoms with Crippen molar-refractivity contribution in [2.45, 2.75) is 30.8 Å². The van der Waals surface area contributed by atoms with Gasteiger partial charge in [0.2, 0.25) is 0 Å². The topological polar surface area (TPSA) is 103 Å². The zero-order chi connectivity index (χ0) is 25.3. The van der Waals surface area contributed by atoms with Crippen LogP contribution in [0.4, 0.5) is 25.1 Å². The van der Waals surface area contributed by atoms with Crippen LogP contribution in [-0.4, -0.2) is 42.6 Å². The lowest BCUT2D eigenvalue weighted by atomic mass is 10.0. The van der Waals surface area contributed by atoms with E-state index in [-0.39, 0.29) is 20.8 Å². The van der Waals surface area contributed by atoms with E-state index in [1.807, 2.05) is 0 Å². The van der Waals surface area contributed by atoms with Crippen LogP contribution in [0.1, 0.15) is 30.5 Å². The molecule has 3 aromatic rings. The van der Waals surface area contributed by atoms with Crippen molar-refractivity contribution in [1.29, 1.82) is 0 Å². The molecule has 1 fully saturated rings. The summed E-state index contributed by atoms with van der Waals surface area (Å²) in [6.45, 7) is 4.35. The van der Waals surface area contributed by atoms with Gasteiger partial charge in [-0.15, -0.1) is 15.6 Å². The molecule has 186 valence electrons. The number of thiazole rings is 1. The SMILES string of the molecule is CC(Nc1cc(F)c(S(=O)(=O)N(C(=O)O)c2cscn2)cc1Cl)c1cc(CN2CCC2)ccc1F. The molecule has 4 rings (SSSR count). The first-order valence-electron chi connectivity index (χ1n) is 10.5. The third-order valence-corrected chi connectivity index (χ3v) is 8.17. The maximum absolute atomic E-state index is 15.0. The van der Waals surface area contributed by atoms with Crippen LogP contribution in [0.2, 0.25) is 5.02 Å². The summed E-state index contributed by atoms with van der Waals surface area (Å²) in [7, 11) is -4.87. The summed E-state index contributed by atoms with van der Waals surface area (Å²) < 4.78 is 55.4. The third kappa shape index (κ3) is 5.25. The van der Waals surface area contributed by atoms with Crippen molar-refractivity contribution in [3.63, 3.8) is 0 Å². The number of amides is 1. The van der Waals surface area contributed by atoms with E-state index in [2.05, 4.69) is 15.2 Å². The van der Waals surface area contributed by atoms with Crippen molar-refractivity contribution in [3.8, 4) is 0 Å². The van der Waals surface area contributed by atoms with E-state index in [4.69, 9.17) is 11.6 Å². The van der Waals surface area contributed by atoms with E-state index < -0.39 is 38.7 Å². The van der Waals surface area contributed by atoms with Crippen molar-refractivity contribution in [3.05, 3.63) is 69.0 Å². The fourth-order valence-electron chi connectivity index (χ4n) is 3.70. The Kier molecular flexibility index (Phi) is 7.27. The van der Waals surface area contributed by atoms with Gasteiger partial charge < -0.3 is 10.4 Å². The fourth-order valence-corrected chi connectivity index (χ4v) is 5.89. The quantitative estimate of drug-likeness (QED) is 0.397. The number of rotatable bonds is 8. The molecule has 0 saturated carbocycles. The van der Waals surface area contributed by atoms with E-state index in [1.54, 1.807) is 19.1 Å². The minimum absolute atomic E-state index is 0.0209. The summed E-state index contributed by atoms with van der Waals surface area (Å²) in [5.41, 5.74) is 2.55. The number of likely N-dealkylation sites (tertiary alicyclic amines) is 1. The van der Waals surface area contributed by atoms with Crippen LogP contribution in [0, 0.1) is 11.6 Å². The van der Waals surface area contributed by atoms with Gasteiger partial charge in [0.05, 0.1) is 22.3 Å². The van der Waals surface area contributed by atoms with Crippen LogP contribution in [0.25, 0.3) is 0 Å². The minimum Gasteiger partial charge on any atom is -0.464 e. The van der Waals surface area contributed by atoms with Gasteiger partial charge in [-0.3, -0.25) is 4.90 Å². The number of hydrogen-bond acceptors (Lipinski definition) is 7. The lowest BCUT2D eigenvalue weighted by Gasteiger charge is -2.31. The highest BCUT2D eigenvalue weighted by Crippen LogP contribution is 2.34. The van der Waals surface area contributed by atoms with Gasteiger partial charge in [-0.25, -0.2) is 27.0 Å². The monoisotopic (exact) mass is 542 g/mol. The Morgan fingerprint density at radius 3 is 2.63 bits per heavy atom. The van der Waals surface area contributed by atoms with Gasteiger partial charge >= 0.3 is 6.09 Å². The smallest absolute Gasteiger partial charge is 0.427 e. The first kappa shape index (κ1) is 25.3. The van der Waals surface area contributed by atoms with E-state index in [1.165, 1.54) is 17.0 Å². The average molecular weight is 543 g/mol. The minimum atomic E-state index is -4.87. The number of sulfonamides is 1. The summed E-state index contributed by atoms with van der Waals surface area (Å²) in [6, 6.07) is 5.85. The normalized spacial score (nSPS) is 14.9. The molecule has 2 heterocycles. The summed E-state index contributed by atoms with van der Waals surface area (Å²) in [5.74, 6) is -2.06. The number of anilines is 2. The molecule has 2 aromatic carbocycles. The van der Waals surface area contributed by atoms with Gasteiger partial charge in [0.1, 0.15) is 16.5 Å². The van der Waals surface area contributed by atoms with E-state index in [0.717, 1.165) is 48.5 Å². The van der Waals surface area contributed by atoms with Crippen molar-refractivity contribution < 1.29 is 27.1 Å². The first-order valence-corrected chi connectivity index (χ1v) is 13.3. The van der Waals surface area contributed by atoms with Crippen LogP contribution in [0.3, 0.4) is 0 Å². The lowest BCUT2D eigenvalue weighted by molar-refractivity contribution is 0.172. The molecule has 8 nitrogen and oxygen atoms in total. The molecule has 1 aromatic heterocycles. The maximum atomic E-state index is 15.0. The van der Waals surface area contributed by atoms with Crippen molar-refractivity contribution in [2.24, 2.45) is 0 Å². The number of hydrogen-bond donors (Lipinski definition) is 2. The molecular formula is C22H21ClF2N4O4S2. The number of nitrogens with zero attached hydrogens (tertiary/aromatic N) is 3. The van der Waals surface area contributed by atoms with Gasteiger partial charge in [0, 0.05) is 17.5 Å². The molecule has 13 heteroatoms. The summed E-state index contributed by atoms with van der Waals surface area (Å²) in [4.78, 5) is 16.6. The van der Waals surface area contributed by atoms with Gasteiger partial charge in [-0.05, 0) is 56.3 Å².